The van der Waals surface area contributed by atoms with E-state index in [4.69, 9.17) is 0 Å². The first-order chi connectivity index (χ1) is 7.33. The summed E-state index contributed by atoms with van der Waals surface area (Å²) in [6.45, 7) is 0.985. The molecule has 0 aliphatic carbocycles. The summed E-state index contributed by atoms with van der Waals surface area (Å²) in [5.74, 6) is 1.04. The molecule has 0 aromatic heterocycles. The molecule has 2 saturated heterocycles. The molecule has 2 atom stereocenters. The zero-order chi connectivity index (χ0) is 10.3. The van der Waals surface area contributed by atoms with Crippen LogP contribution in [0.5, 0.6) is 0 Å². The predicted octanol–water partition coefficient (Wildman–Crippen LogP) is 1.85. The number of fused-ring (bicyclic) bond motifs is 1. The number of rotatable bonds is 2. The SMILES string of the molecule is O=C1C[C@@H]2C[C@@H](Cc3ccccc3)CN12. The minimum absolute atomic E-state index is 0.357. The van der Waals surface area contributed by atoms with Crippen LogP contribution in [0.15, 0.2) is 30.3 Å². The van der Waals surface area contributed by atoms with E-state index in [2.05, 4.69) is 30.3 Å². The van der Waals surface area contributed by atoms with E-state index >= 15 is 0 Å². The number of benzene rings is 1. The number of amides is 1. The zero-order valence-corrected chi connectivity index (χ0v) is 8.73. The quantitative estimate of drug-likeness (QED) is 0.669. The molecule has 0 unspecified atom stereocenters. The second-order valence-electron chi connectivity index (χ2n) is 4.70. The fraction of sp³-hybridized carbons (Fsp3) is 0.462. The van der Waals surface area contributed by atoms with Crippen molar-refractivity contribution in [3.05, 3.63) is 35.9 Å². The van der Waals surface area contributed by atoms with Crippen LogP contribution in [0.25, 0.3) is 0 Å². The van der Waals surface area contributed by atoms with Crippen molar-refractivity contribution in [2.24, 2.45) is 5.92 Å². The lowest BCUT2D eigenvalue weighted by Gasteiger charge is -2.33. The molecule has 2 aliphatic rings. The summed E-state index contributed by atoms with van der Waals surface area (Å²) in [6.07, 6.45) is 3.13. The number of hydrogen-bond acceptors (Lipinski definition) is 1. The molecule has 1 amide bonds. The van der Waals surface area contributed by atoms with Crippen molar-refractivity contribution in [2.45, 2.75) is 25.3 Å². The Morgan fingerprint density at radius 3 is 2.73 bits per heavy atom. The molecule has 1 aromatic rings. The molecule has 2 heterocycles. The number of nitrogens with zero attached hydrogens (tertiary/aromatic N) is 1. The Hall–Kier alpha value is -1.31. The Labute approximate surface area is 89.9 Å². The highest BCUT2D eigenvalue weighted by Gasteiger charge is 2.43. The van der Waals surface area contributed by atoms with Crippen molar-refractivity contribution in [3.63, 3.8) is 0 Å². The molecule has 2 aliphatic heterocycles. The molecule has 2 fully saturated rings. The second-order valence-corrected chi connectivity index (χ2v) is 4.70. The molecule has 2 heteroatoms. The van der Waals surface area contributed by atoms with Gasteiger partial charge in [0.1, 0.15) is 0 Å². The van der Waals surface area contributed by atoms with E-state index < -0.39 is 0 Å². The highest BCUT2D eigenvalue weighted by atomic mass is 16.2. The molecule has 0 saturated carbocycles. The molecule has 2 nitrogen and oxygen atoms in total. The lowest BCUT2D eigenvalue weighted by Crippen LogP contribution is -2.48. The van der Waals surface area contributed by atoms with Gasteiger partial charge in [0.2, 0.25) is 5.91 Å². The molecule has 0 radical (unpaired) electrons. The molecular weight excluding hydrogens is 186 g/mol. The van der Waals surface area contributed by atoms with Gasteiger partial charge < -0.3 is 4.90 Å². The fourth-order valence-electron chi connectivity index (χ4n) is 2.81. The van der Waals surface area contributed by atoms with Crippen LogP contribution in [0.4, 0.5) is 0 Å². The highest BCUT2D eigenvalue weighted by Crippen LogP contribution is 2.35. The van der Waals surface area contributed by atoms with E-state index in [1.54, 1.807) is 0 Å². The van der Waals surface area contributed by atoms with Gasteiger partial charge in [-0.05, 0) is 24.3 Å². The minimum Gasteiger partial charge on any atom is -0.339 e. The summed E-state index contributed by atoms with van der Waals surface area (Å²) in [7, 11) is 0. The highest BCUT2D eigenvalue weighted by molar-refractivity contribution is 5.83. The molecule has 0 bridgehead atoms. The monoisotopic (exact) mass is 201 g/mol. The third-order valence-corrected chi connectivity index (χ3v) is 3.60. The first kappa shape index (κ1) is 8.96. The standard InChI is InChI=1S/C13H15NO/c15-13-8-12-7-11(9-14(12)13)6-10-4-2-1-3-5-10/h1-5,11-12H,6-9H2/t11-,12+/m1/s1. The summed E-state index contributed by atoms with van der Waals surface area (Å²) >= 11 is 0. The fourth-order valence-corrected chi connectivity index (χ4v) is 2.81. The van der Waals surface area contributed by atoms with Crippen LogP contribution in [0, 0.1) is 5.92 Å². The van der Waals surface area contributed by atoms with Crippen molar-refractivity contribution in [1.82, 2.24) is 4.90 Å². The maximum atomic E-state index is 11.2. The molecule has 3 rings (SSSR count). The van der Waals surface area contributed by atoms with Gasteiger partial charge in [-0.3, -0.25) is 4.79 Å². The first-order valence-corrected chi connectivity index (χ1v) is 5.66. The topological polar surface area (TPSA) is 20.3 Å². The van der Waals surface area contributed by atoms with Crippen LogP contribution in [-0.4, -0.2) is 23.4 Å². The number of β-lactam (4-membered cyclic amide) rings is 1. The van der Waals surface area contributed by atoms with Crippen molar-refractivity contribution < 1.29 is 4.79 Å². The van der Waals surface area contributed by atoms with Crippen LogP contribution < -0.4 is 0 Å². The summed E-state index contributed by atoms with van der Waals surface area (Å²) < 4.78 is 0. The van der Waals surface area contributed by atoms with Gasteiger partial charge in [0, 0.05) is 19.0 Å². The molecule has 15 heavy (non-hydrogen) atoms. The van der Waals surface area contributed by atoms with Crippen molar-refractivity contribution in [2.75, 3.05) is 6.54 Å². The lowest BCUT2D eigenvalue weighted by molar-refractivity contribution is -0.142. The summed E-state index contributed by atoms with van der Waals surface area (Å²) in [5.41, 5.74) is 1.40. The third kappa shape index (κ3) is 1.54. The van der Waals surface area contributed by atoms with E-state index in [1.807, 2.05) is 4.90 Å². The van der Waals surface area contributed by atoms with Gasteiger partial charge >= 0.3 is 0 Å². The van der Waals surface area contributed by atoms with Gasteiger partial charge in [-0.25, -0.2) is 0 Å². The average molecular weight is 201 g/mol. The van der Waals surface area contributed by atoms with Crippen LogP contribution in [0.2, 0.25) is 0 Å². The number of hydrogen-bond donors (Lipinski definition) is 0. The van der Waals surface area contributed by atoms with E-state index in [0.717, 1.165) is 19.4 Å². The molecule has 78 valence electrons. The maximum Gasteiger partial charge on any atom is 0.224 e. The molecule has 0 N–H and O–H groups in total. The van der Waals surface area contributed by atoms with Gasteiger partial charge in [-0.1, -0.05) is 30.3 Å². The predicted molar refractivity (Wildman–Crippen MR) is 58.4 cm³/mol. The van der Waals surface area contributed by atoms with E-state index in [9.17, 15) is 4.79 Å². The van der Waals surface area contributed by atoms with Crippen molar-refractivity contribution in [1.29, 1.82) is 0 Å². The Morgan fingerprint density at radius 2 is 2.07 bits per heavy atom. The lowest BCUT2D eigenvalue weighted by atomic mass is 9.95. The van der Waals surface area contributed by atoms with Gasteiger partial charge in [0.25, 0.3) is 0 Å². The van der Waals surface area contributed by atoms with Crippen molar-refractivity contribution in [3.8, 4) is 0 Å². The van der Waals surface area contributed by atoms with Crippen molar-refractivity contribution >= 4 is 5.91 Å². The van der Waals surface area contributed by atoms with Gasteiger partial charge in [-0.2, -0.15) is 0 Å². The summed E-state index contributed by atoms with van der Waals surface area (Å²) in [4.78, 5) is 13.3. The first-order valence-electron chi connectivity index (χ1n) is 5.66. The van der Waals surface area contributed by atoms with E-state index in [1.165, 1.54) is 12.0 Å². The number of carbonyl (C=O) groups excluding carboxylic acids is 1. The van der Waals surface area contributed by atoms with Gasteiger partial charge in [0.15, 0.2) is 0 Å². The summed E-state index contributed by atoms with van der Waals surface area (Å²) in [5, 5.41) is 0. The maximum absolute atomic E-state index is 11.2. The number of carbonyl (C=O) groups is 1. The minimum atomic E-state index is 0.357. The average Bonchev–Trinajstić information content (AvgIpc) is 2.57. The molecule has 1 aromatic carbocycles. The van der Waals surface area contributed by atoms with E-state index in [0.29, 0.717) is 17.9 Å². The largest absolute Gasteiger partial charge is 0.339 e. The third-order valence-electron chi connectivity index (χ3n) is 3.60. The van der Waals surface area contributed by atoms with Gasteiger partial charge in [-0.15, -0.1) is 0 Å². The van der Waals surface area contributed by atoms with E-state index in [-0.39, 0.29) is 0 Å². The normalized spacial score (nSPS) is 28.8. The Balaban J connectivity index is 1.64. The second kappa shape index (κ2) is 3.37. The van der Waals surface area contributed by atoms with Crippen LogP contribution in [0.1, 0.15) is 18.4 Å². The Bertz CT molecular complexity index is 373. The smallest absolute Gasteiger partial charge is 0.224 e. The Morgan fingerprint density at radius 1 is 1.27 bits per heavy atom. The molecular formula is C13H15NO. The van der Waals surface area contributed by atoms with Gasteiger partial charge in [0.05, 0.1) is 0 Å². The van der Waals surface area contributed by atoms with Crippen LogP contribution in [0.3, 0.4) is 0 Å². The Kier molecular flexibility index (Phi) is 2.01. The molecule has 0 spiro atoms. The van der Waals surface area contributed by atoms with Crippen LogP contribution >= 0.6 is 0 Å². The van der Waals surface area contributed by atoms with Crippen LogP contribution in [-0.2, 0) is 11.2 Å². The summed E-state index contributed by atoms with van der Waals surface area (Å²) in [6, 6.07) is 11.2. The zero-order valence-electron chi connectivity index (χ0n) is 8.73.